The third kappa shape index (κ3) is 35.8. The molecule has 1 rings (SSSR count). The van der Waals surface area contributed by atoms with E-state index in [1.807, 2.05) is 6.92 Å². The number of halogens is 1. The molecule has 0 fully saturated rings. The van der Waals surface area contributed by atoms with Crippen molar-refractivity contribution in [3.05, 3.63) is 84.4 Å². The molecule has 9 heteroatoms. The van der Waals surface area contributed by atoms with Gasteiger partial charge < -0.3 is 0 Å². The minimum Gasteiger partial charge on any atom is 0 e. The maximum Gasteiger partial charge on any atom is 0 e. The van der Waals surface area contributed by atoms with Crippen LogP contribution in [-0.2, 0) is 61.5 Å². The number of benzene rings is 1. The van der Waals surface area contributed by atoms with Crippen LogP contribution in [0, 0.1) is 69.2 Å². The van der Waals surface area contributed by atoms with Crippen molar-refractivity contribution in [1.29, 1.82) is 0 Å². The zero-order valence-corrected chi connectivity index (χ0v) is 19.1. The van der Waals surface area contributed by atoms with Crippen molar-refractivity contribution in [2.24, 2.45) is 0 Å². The smallest absolute Gasteiger partial charge is 0 e. The quantitative estimate of drug-likeness (QED) is 0.192. The van der Waals surface area contributed by atoms with Crippen molar-refractivity contribution in [3.8, 4) is 11.8 Å². The van der Waals surface area contributed by atoms with Gasteiger partial charge in [0.25, 0.3) is 0 Å². The van der Waals surface area contributed by atoms with Gasteiger partial charge in [0, 0.05) is 42.7 Å². The normalized spacial score (nSPS) is 5.00. The summed E-state index contributed by atoms with van der Waals surface area (Å²) in [6.07, 6.45) is 0. The topological polar surface area (TPSA) is 119 Å². The molecule has 2 radical (unpaired) electrons. The molecule has 28 heavy (non-hydrogen) atoms. The zero-order valence-electron chi connectivity index (χ0n) is 14.9. The SMILES string of the molecule is C=C(C)C#Cc1cc(C)c(C)cc1I.[C-]#[O+].[C-]#[O+].[C-]#[O+].[C-]#[O+].[C-]#[O+].[C-]#[O+].[Co].[Co]. The van der Waals surface area contributed by atoms with Crippen LogP contribution in [0.5, 0.6) is 0 Å². The van der Waals surface area contributed by atoms with E-state index in [0.29, 0.717) is 0 Å². The van der Waals surface area contributed by atoms with Gasteiger partial charge in [-0.3, -0.25) is 0 Å². The van der Waals surface area contributed by atoms with Crippen LogP contribution in [0.15, 0.2) is 24.3 Å². The number of allylic oxidation sites excluding steroid dienone is 1. The maximum absolute atomic E-state index is 7.50. The van der Waals surface area contributed by atoms with Crippen LogP contribution in [0.4, 0.5) is 0 Å². The average Bonchev–Trinajstić information content (AvgIpc) is 2.73. The van der Waals surface area contributed by atoms with Gasteiger partial charge in [0.1, 0.15) is 0 Å². The molecule has 6 nitrogen and oxygen atoms in total. The number of rotatable bonds is 0. The van der Waals surface area contributed by atoms with Gasteiger partial charge in [-0.2, -0.15) is 0 Å². The Labute approximate surface area is 200 Å². The number of hydrogen-bond acceptors (Lipinski definition) is 0. The first-order valence-corrected chi connectivity index (χ1v) is 6.75. The van der Waals surface area contributed by atoms with Crippen molar-refractivity contribution >= 4 is 22.6 Å². The molecule has 0 spiro atoms. The summed E-state index contributed by atoms with van der Waals surface area (Å²) in [7, 11) is 0. The molecule has 0 saturated carbocycles. The summed E-state index contributed by atoms with van der Waals surface area (Å²) < 4.78 is 46.2. The minimum absolute atomic E-state index is 0. The Morgan fingerprint density at radius 1 is 0.786 bits per heavy atom. The maximum atomic E-state index is 7.50. The molecule has 0 aliphatic carbocycles. The van der Waals surface area contributed by atoms with Crippen molar-refractivity contribution in [3.63, 3.8) is 0 Å². The van der Waals surface area contributed by atoms with E-state index in [0.717, 1.165) is 11.1 Å². The molecule has 0 bridgehead atoms. The van der Waals surface area contributed by atoms with Gasteiger partial charge in [-0.15, -0.1) is 0 Å². The Morgan fingerprint density at radius 2 is 1.07 bits per heavy atom. The summed E-state index contributed by atoms with van der Waals surface area (Å²) in [5.41, 5.74) is 4.60. The van der Waals surface area contributed by atoms with Crippen molar-refractivity contribution in [2.45, 2.75) is 20.8 Å². The molecule has 0 heterocycles. The van der Waals surface area contributed by atoms with Crippen LogP contribution < -0.4 is 0 Å². The van der Waals surface area contributed by atoms with E-state index in [1.165, 1.54) is 14.7 Å². The molecule has 0 amide bonds. The summed E-state index contributed by atoms with van der Waals surface area (Å²) in [6.45, 7) is 36.9. The number of aryl methyl sites for hydroxylation is 2. The minimum atomic E-state index is 0. The van der Waals surface area contributed by atoms with Crippen LogP contribution in [-0.4, -0.2) is 0 Å². The van der Waals surface area contributed by atoms with Crippen LogP contribution in [0.25, 0.3) is 0 Å². The summed E-state index contributed by atoms with van der Waals surface area (Å²) in [5.74, 6) is 6.12. The van der Waals surface area contributed by atoms with Gasteiger partial charge in [-0.25, -0.2) is 0 Å². The van der Waals surface area contributed by atoms with E-state index in [4.69, 9.17) is 27.9 Å². The van der Waals surface area contributed by atoms with E-state index >= 15 is 0 Å². The Kier molecular flexibility index (Phi) is 90.1. The first kappa shape index (κ1) is 50.4. The predicted octanol–water partition coefficient (Wildman–Crippen LogP) is 3.61. The molecule has 0 aliphatic heterocycles. The van der Waals surface area contributed by atoms with Gasteiger partial charge in [-0.1, -0.05) is 18.4 Å². The molecule has 0 aromatic heterocycles. The van der Waals surface area contributed by atoms with Gasteiger partial charge in [0.15, 0.2) is 0 Å². The largest absolute Gasteiger partial charge is 0 e. The van der Waals surface area contributed by atoms with Crippen LogP contribution in [0.2, 0.25) is 0 Å². The number of hydrogen-bond donors (Lipinski definition) is 0. The molecule has 1 aromatic rings. The van der Waals surface area contributed by atoms with E-state index in [9.17, 15) is 0 Å². The first-order valence-electron chi connectivity index (χ1n) is 5.67. The van der Waals surface area contributed by atoms with Gasteiger partial charge >= 0.3 is 67.8 Å². The van der Waals surface area contributed by atoms with E-state index in [1.54, 1.807) is 0 Å². The van der Waals surface area contributed by atoms with E-state index in [-0.39, 0.29) is 33.6 Å². The van der Waals surface area contributed by atoms with Crippen molar-refractivity contribution in [2.75, 3.05) is 0 Å². The van der Waals surface area contributed by atoms with Crippen LogP contribution in [0.3, 0.4) is 0 Å². The fourth-order valence-corrected chi connectivity index (χ4v) is 1.81. The van der Waals surface area contributed by atoms with E-state index in [2.05, 4.69) is 107 Å². The van der Waals surface area contributed by atoms with Crippen LogP contribution in [0.1, 0.15) is 23.6 Å². The Balaban J connectivity index is -0.0000000410. The average molecular weight is 582 g/mol. The molecule has 150 valence electrons. The molecule has 0 unspecified atom stereocenters. The Bertz CT molecular complexity index is 643. The third-order valence-electron chi connectivity index (χ3n) is 1.99. The molecule has 0 atom stereocenters. The van der Waals surface area contributed by atoms with Gasteiger partial charge in [0.2, 0.25) is 0 Å². The predicted molar refractivity (Wildman–Crippen MR) is 93.9 cm³/mol. The second-order valence-electron chi connectivity index (χ2n) is 3.45. The second kappa shape index (κ2) is 50.0. The summed E-state index contributed by atoms with van der Waals surface area (Å²) in [4.78, 5) is 0. The van der Waals surface area contributed by atoms with Gasteiger partial charge in [-0.05, 0) is 72.2 Å². The fraction of sp³-hybridized carbons (Fsp3) is 0.158. The summed E-state index contributed by atoms with van der Waals surface area (Å²) in [5, 5.41) is 0. The summed E-state index contributed by atoms with van der Waals surface area (Å²) >= 11 is 2.32. The zero-order chi connectivity index (χ0) is 22.7. The Hall–Kier alpha value is -1.30. The monoisotopic (exact) mass is 582 g/mol. The van der Waals surface area contributed by atoms with E-state index < -0.39 is 0 Å². The molecule has 0 N–H and O–H groups in total. The van der Waals surface area contributed by atoms with Crippen molar-refractivity contribution < 1.29 is 61.5 Å². The molecule has 0 aliphatic rings. The van der Waals surface area contributed by atoms with Crippen molar-refractivity contribution in [1.82, 2.24) is 0 Å². The molecular weight excluding hydrogens is 569 g/mol. The first-order chi connectivity index (χ1) is 12.5. The Morgan fingerprint density at radius 3 is 1.36 bits per heavy atom. The second-order valence-corrected chi connectivity index (χ2v) is 4.61. The standard InChI is InChI=1S/C13H13I.6CO.2Co/c1-9(2)5-6-12-7-10(3)11(4)8-13(12)14;6*1-2;;/h7-8H,1H2,2-4H3;;;;;;;;. The fourth-order valence-electron chi connectivity index (χ4n) is 1.05. The molecular formula is C19H13Co2IO6. The molecule has 0 saturated heterocycles. The van der Waals surface area contributed by atoms with Crippen LogP contribution >= 0.6 is 22.6 Å². The summed E-state index contributed by atoms with van der Waals surface area (Å²) in [6, 6.07) is 4.30. The van der Waals surface area contributed by atoms with Gasteiger partial charge in [0.05, 0.1) is 0 Å². The molecule has 1 aromatic carbocycles. The third-order valence-corrected chi connectivity index (χ3v) is 2.89.